The largest absolute Gasteiger partial charge is 0.393 e. The van der Waals surface area contributed by atoms with Gasteiger partial charge >= 0.3 is 0 Å². The van der Waals surface area contributed by atoms with E-state index < -0.39 is 11.7 Å². The van der Waals surface area contributed by atoms with Crippen LogP contribution in [0.15, 0.2) is 0 Å². The molecule has 2 unspecified atom stereocenters. The van der Waals surface area contributed by atoms with Crippen LogP contribution in [0.2, 0.25) is 0 Å². The van der Waals surface area contributed by atoms with Crippen LogP contribution in [0.25, 0.3) is 0 Å². The van der Waals surface area contributed by atoms with Gasteiger partial charge in [0.2, 0.25) is 5.91 Å². The Labute approximate surface area is 85.3 Å². The van der Waals surface area contributed by atoms with Crippen molar-refractivity contribution in [2.24, 2.45) is 0 Å². The second-order valence-electron chi connectivity index (χ2n) is 4.01. The van der Waals surface area contributed by atoms with Crippen molar-refractivity contribution < 1.29 is 15.0 Å². The van der Waals surface area contributed by atoms with Crippen LogP contribution in [0.3, 0.4) is 0 Å². The molecule has 0 aromatic rings. The molecule has 4 heteroatoms. The lowest BCUT2D eigenvalue weighted by molar-refractivity contribution is -0.122. The van der Waals surface area contributed by atoms with Crippen molar-refractivity contribution in [2.75, 3.05) is 6.54 Å². The van der Waals surface area contributed by atoms with Crippen molar-refractivity contribution in [2.45, 2.75) is 51.7 Å². The zero-order valence-electron chi connectivity index (χ0n) is 9.21. The fourth-order valence-corrected chi connectivity index (χ4v) is 0.842. The van der Waals surface area contributed by atoms with Crippen molar-refractivity contribution >= 4 is 5.91 Å². The van der Waals surface area contributed by atoms with Crippen molar-refractivity contribution in [3.05, 3.63) is 0 Å². The number of rotatable bonds is 6. The number of carbonyl (C=O) groups excluding carboxylic acids is 1. The molecule has 0 spiro atoms. The Hall–Kier alpha value is -0.610. The van der Waals surface area contributed by atoms with E-state index in [1.807, 2.05) is 6.92 Å². The Balaban J connectivity index is 3.64. The molecule has 0 aromatic heterocycles. The molecule has 0 heterocycles. The van der Waals surface area contributed by atoms with Gasteiger partial charge in [0.25, 0.3) is 0 Å². The molecule has 0 aliphatic rings. The molecule has 0 radical (unpaired) electrons. The molecule has 14 heavy (non-hydrogen) atoms. The lowest BCUT2D eigenvalue weighted by Gasteiger charge is -2.21. The summed E-state index contributed by atoms with van der Waals surface area (Å²) in [5.41, 5.74) is -0.833. The Morgan fingerprint density at radius 3 is 2.57 bits per heavy atom. The Morgan fingerprint density at radius 2 is 2.14 bits per heavy atom. The number of carbonyl (C=O) groups is 1. The van der Waals surface area contributed by atoms with E-state index in [-0.39, 0.29) is 12.5 Å². The van der Waals surface area contributed by atoms with E-state index in [1.54, 1.807) is 13.8 Å². The maximum Gasteiger partial charge on any atom is 0.220 e. The zero-order chi connectivity index (χ0) is 11.2. The van der Waals surface area contributed by atoms with Gasteiger partial charge in [-0.15, -0.1) is 0 Å². The second-order valence-corrected chi connectivity index (χ2v) is 4.01. The lowest BCUT2D eigenvalue weighted by atomic mass is 10.0. The van der Waals surface area contributed by atoms with Crippen molar-refractivity contribution in [1.82, 2.24) is 5.32 Å². The molecule has 0 aromatic carbocycles. The molecule has 1 amide bonds. The first-order chi connectivity index (χ1) is 6.37. The van der Waals surface area contributed by atoms with Gasteiger partial charge in [-0.3, -0.25) is 4.79 Å². The van der Waals surface area contributed by atoms with Crippen molar-refractivity contribution in [3.63, 3.8) is 0 Å². The molecule has 84 valence electrons. The highest BCUT2D eigenvalue weighted by Gasteiger charge is 2.18. The number of hydrogen-bond donors (Lipinski definition) is 3. The molecule has 4 nitrogen and oxygen atoms in total. The van der Waals surface area contributed by atoms with Crippen LogP contribution in [0, 0.1) is 0 Å². The molecular weight excluding hydrogens is 182 g/mol. The predicted octanol–water partition coefficient (Wildman–Crippen LogP) is 0.425. The third kappa shape index (κ3) is 6.86. The molecule has 0 saturated carbocycles. The first-order valence-corrected chi connectivity index (χ1v) is 5.04. The van der Waals surface area contributed by atoms with Crippen LogP contribution in [0.4, 0.5) is 0 Å². The second kappa shape index (κ2) is 5.98. The summed E-state index contributed by atoms with van der Waals surface area (Å²) in [5.74, 6) is -0.125. The van der Waals surface area contributed by atoms with Gasteiger partial charge in [-0.2, -0.15) is 0 Å². The van der Waals surface area contributed by atoms with E-state index in [0.29, 0.717) is 19.3 Å². The van der Waals surface area contributed by atoms with Gasteiger partial charge < -0.3 is 15.5 Å². The highest BCUT2D eigenvalue weighted by Crippen LogP contribution is 2.06. The van der Waals surface area contributed by atoms with Gasteiger partial charge in [0, 0.05) is 13.0 Å². The quantitative estimate of drug-likeness (QED) is 0.586. The topological polar surface area (TPSA) is 69.6 Å². The Bertz CT molecular complexity index is 178. The smallest absolute Gasteiger partial charge is 0.220 e. The predicted molar refractivity (Wildman–Crippen MR) is 54.8 cm³/mol. The van der Waals surface area contributed by atoms with E-state index in [4.69, 9.17) is 5.11 Å². The van der Waals surface area contributed by atoms with E-state index in [0.717, 1.165) is 0 Å². The molecule has 0 aliphatic carbocycles. The average molecular weight is 203 g/mol. The normalized spacial score (nSPS) is 17.2. The summed E-state index contributed by atoms with van der Waals surface area (Å²) in [6.07, 6.45) is 0.911. The standard InChI is InChI=1S/C10H21NO3/c1-4-10(3,14)7-11-9(13)6-5-8(2)12/h8,12,14H,4-7H2,1-3H3,(H,11,13). The minimum atomic E-state index is -0.833. The van der Waals surface area contributed by atoms with Gasteiger partial charge in [-0.05, 0) is 26.7 Å². The van der Waals surface area contributed by atoms with Gasteiger partial charge in [-0.1, -0.05) is 6.92 Å². The molecule has 3 N–H and O–H groups in total. The molecular formula is C10H21NO3. The highest BCUT2D eigenvalue weighted by atomic mass is 16.3. The van der Waals surface area contributed by atoms with Crippen LogP contribution in [0.5, 0.6) is 0 Å². The van der Waals surface area contributed by atoms with Gasteiger partial charge in [0.15, 0.2) is 0 Å². The molecule has 0 rings (SSSR count). The van der Waals surface area contributed by atoms with E-state index in [9.17, 15) is 9.90 Å². The lowest BCUT2D eigenvalue weighted by Crippen LogP contribution is -2.40. The summed E-state index contributed by atoms with van der Waals surface area (Å²) < 4.78 is 0. The average Bonchev–Trinajstić information content (AvgIpc) is 2.11. The summed E-state index contributed by atoms with van der Waals surface area (Å²) in [4.78, 5) is 11.2. The number of nitrogens with one attached hydrogen (secondary N) is 1. The Morgan fingerprint density at radius 1 is 1.57 bits per heavy atom. The van der Waals surface area contributed by atoms with Crippen LogP contribution in [-0.2, 0) is 4.79 Å². The first-order valence-electron chi connectivity index (χ1n) is 5.04. The fourth-order valence-electron chi connectivity index (χ4n) is 0.842. The first kappa shape index (κ1) is 13.4. The summed E-state index contributed by atoms with van der Waals surface area (Å²) in [5, 5.41) is 21.2. The summed E-state index contributed by atoms with van der Waals surface area (Å²) in [7, 11) is 0. The van der Waals surface area contributed by atoms with Gasteiger partial charge in [0.1, 0.15) is 0 Å². The van der Waals surface area contributed by atoms with E-state index >= 15 is 0 Å². The van der Waals surface area contributed by atoms with E-state index in [2.05, 4.69) is 5.32 Å². The monoisotopic (exact) mass is 203 g/mol. The number of aliphatic hydroxyl groups excluding tert-OH is 1. The summed E-state index contributed by atoms with van der Waals surface area (Å²) in [6.45, 7) is 5.46. The third-order valence-electron chi connectivity index (χ3n) is 2.22. The van der Waals surface area contributed by atoms with E-state index in [1.165, 1.54) is 0 Å². The maximum absolute atomic E-state index is 11.2. The van der Waals surface area contributed by atoms with Crippen LogP contribution in [0.1, 0.15) is 40.0 Å². The third-order valence-corrected chi connectivity index (χ3v) is 2.22. The zero-order valence-corrected chi connectivity index (χ0v) is 9.21. The van der Waals surface area contributed by atoms with Crippen LogP contribution in [-0.4, -0.2) is 34.4 Å². The molecule has 0 bridgehead atoms. The molecule has 0 aliphatic heterocycles. The SMILES string of the molecule is CCC(C)(O)CNC(=O)CCC(C)O. The number of hydrogen-bond acceptors (Lipinski definition) is 3. The maximum atomic E-state index is 11.2. The summed E-state index contributed by atoms with van der Waals surface area (Å²) >= 11 is 0. The van der Waals surface area contributed by atoms with Gasteiger partial charge in [-0.25, -0.2) is 0 Å². The molecule has 0 fully saturated rings. The Kier molecular flexibility index (Phi) is 5.72. The molecule has 2 atom stereocenters. The molecule has 0 saturated heterocycles. The minimum absolute atomic E-state index is 0.125. The van der Waals surface area contributed by atoms with Crippen molar-refractivity contribution in [1.29, 1.82) is 0 Å². The van der Waals surface area contributed by atoms with Gasteiger partial charge in [0.05, 0.1) is 11.7 Å². The summed E-state index contributed by atoms with van der Waals surface area (Å²) in [6, 6.07) is 0. The van der Waals surface area contributed by atoms with Crippen LogP contribution >= 0.6 is 0 Å². The number of aliphatic hydroxyl groups is 2. The number of amides is 1. The van der Waals surface area contributed by atoms with Crippen LogP contribution < -0.4 is 5.32 Å². The van der Waals surface area contributed by atoms with Crippen molar-refractivity contribution in [3.8, 4) is 0 Å². The fraction of sp³-hybridized carbons (Fsp3) is 0.900. The minimum Gasteiger partial charge on any atom is -0.393 e. The highest BCUT2D eigenvalue weighted by molar-refractivity contribution is 5.75.